The Labute approximate surface area is 104 Å². The Morgan fingerprint density at radius 3 is 3.00 bits per heavy atom. The van der Waals surface area contributed by atoms with E-state index in [-0.39, 0.29) is 11.4 Å². The van der Waals surface area contributed by atoms with Crippen molar-refractivity contribution in [3.05, 3.63) is 30.4 Å². The molecule has 0 radical (unpaired) electrons. The number of nitrogens with zero attached hydrogens (tertiary/aromatic N) is 3. The van der Waals surface area contributed by atoms with E-state index in [1.165, 1.54) is 23.3 Å². The zero-order chi connectivity index (χ0) is 13.0. The van der Waals surface area contributed by atoms with Crippen molar-refractivity contribution < 1.29 is 12.9 Å². The number of nitrogens with one attached hydrogen (secondary N) is 1. The quantitative estimate of drug-likeness (QED) is 0.718. The molecule has 0 atom stereocenters. The molecule has 0 aliphatic carbocycles. The van der Waals surface area contributed by atoms with Gasteiger partial charge < -0.3 is 10.3 Å². The summed E-state index contributed by atoms with van der Waals surface area (Å²) < 4.78 is 32.3. The number of sulfonamides is 1. The van der Waals surface area contributed by atoms with Crippen LogP contribution in [0.4, 0.5) is 0 Å². The van der Waals surface area contributed by atoms with Crippen LogP contribution in [0.1, 0.15) is 5.69 Å². The topological polar surface area (TPSA) is 116 Å². The molecule has 0 aliphatic heterocycles. The normalized spacial score (nSPS) is 11.8. The van der Waals surface area contributed by atoms with E-state index in [1.807, 2.05) is 0 Å². The molecule has 0 spiro atoms. The molecule has 0 saturated carbocycles. The molecule has 2 heterocycles. The van der Waals surface area contributed by atoms with Crippen molar-refractivity contribution in [1.82, 2.24) is 19.7 Å². The molecule has 0 saturated heterocycles. The van der Waals surface area contributed by atoms with E-state index in [1.54, 1.807) is 6.07 Å². The van der Waals surface area contributed by atoms with Gasteiger partial charge in [0, 0.05) is 18.8 Å². The molecule has 3 N–H and O–H groups in total. The lowest BCUT2D eigenvalue weighted by molar-refractivity contribution is 0.411. The Balaban J connectivity index is 2.05. The van der Waals surface area contributed by atoms with Gasteiger partial charge in [-0.3, -0.25) is 4.68 Å². The zero-order valence-corrected chi connectivity index (χ0v) is 10.3. The summed E-state index contributed by atoms with van der Waals surface area (Å²) in [7, 11) is -3.59. The molecule has 18 heavy (non-hydrogen) atoms. The SMILES string of the molecule is NCCn1cc(S(=O)(=O)NCc2ccon2)cn1. The molecular weight excluding hydrogens is 258 g/mol. The van der Waals surface area contributed by atoms with Gasteiger partial charge in [-0.05, 0) is 0 Å². The molecule has 98 valence electrons. The lowest BCUT2D eigenvalue weighted by Gasteiger charge is -2.01. The molecule has 0 fully saturated rings. The predicted octanol–water partition coefficient (Wildman–Crippen LogP) is -0.692. The molecule has 0 aliphatic rings. The fourth-order valence-corrected chi connectivity index (χ4v) is 2.27. The van der Waals surface area contributed by atoms with Crippen LogP contribution in [0.2, 0.25) is 0 Å². The number of hydrogen-bond acceptors (Lipinski definition) is 6. The molecule has 0 aromatic carbocycles. The minimum absolute atomic E-state index is 0.0703. The first-order valence-corrected chi connectivity index (χ1v) is 6.71. The van der Waals surface area contributed by atoms with E-state index in [0.717, 1.165) is 0 Å². The lowest BCUT2D eigenvalue weighted by atomic mass is 10.5. The second-order valence-electron chi connectivity index (χ2n) is 3.54. The zero-order valence-electron chi connectivity index (χ0n) is 9.48. The molecule has 2 aromatic rings. The van der Waals surface area contributed by atoms with Gasteiger partial charge in [0.15, 0.2) is 0 Å². The van der Waals surface area contributed by atoms with Crippen LogP contribution in [-0.4, -0.2) is 29.9 Å². The van der Waals surface area contributed by atoms with E-state index in [0.29, 0.717) is 18.8 Å². The lowest BCUT2D eigenvalue weighted by Crippen LogP contribution is -2.23. The second kappa shape index (κ2) is 5.29. The fraction of sp³-hybridized carbons (Fsp3) is 0.333. The molecule has 0 amide bonds. The minimum Gasteiger partial charge on any atom is -0.364 e. The summed E-state index contributed by atoms with van der Waals surface area (Å²) in [6.45, 7) is 0.938. The first kappa shape index (κ1) is 12.7. The minimum atomic E-state index is -3.59. The maximum absolute atomic E-state index is 11.9. The van der Waals surface area contributed by atoms with Crippen LogP contribution in [-0.2, 0) is 23.1 Å². The average molecular weight is 271 g/mol. The highest BCUT2D eigenvalue weighted by atomic mass is 32.2. The van der Waals surface area contributed by atoms with E-state index in [2.05, 4.69) is 19.5 Å². The third-order valence-electron chi connectivity index (χ3n) is 2.21. The van der Waals surface area contributed by atoms with E-state index in [4.69, 9.17) is 5.73 Å². The maximum atomic E-state index is 11.9. The van der Waals surface area contributed by atoms with Crippen molar-refractivity contribution in [3.63, 3.8) is 0 Å². The Morgan fingerprint density at radius 2 is 2.33 bits per heavy atom. The van der Waals surface area contributed by atoms with Crippen LogP contribution in [0.3, 0.4) is 0 Å². The monoisotopic (exact) mass is 271 g/mol. The first-order valence-electron chi connectivity index (χ1n) is 5.23. The summed E-state index contributed by atoms with van der Waals surface area (Å²) in [5.74, 6) is 0. The first-order chi connectivity index (χ1) is 8.62. The van der Waals surface area contributed by atoms with Gasteiger partial charge in [-0.1, -0.05) is 5.16 Å². The van der Waals surface area contributed by atoms with Crippen molar-refractivity contribution in [2.24, 2.45) is 5.73 Å². The summed E-state index contributed by atoms with van der Waals surface area (Å²) in [5, 5.41) is 7.51. The van der Waals surface area contributed by atoms with Crippen LogP contribution in [0.5, 0.6) is 0 Å². The second-order valence-corrected chi connectivity index (χ2v) is 5.31. The number of hydrogen-bond donors (Lipinski definition) is 2. The highest BCUT2D eigenvalue weighted by Crippen LogP contribution is 2.07. The Kier molecular flexibility index (Phi) is 3.75. The van der Waals surface area contributed by atoms with Crippen molar-refractivity contribution >= 4 is 10.0 Å². The maximum Gasteiger partial charge on any atom is 0.244 e. The van der Waals surface area contributed by atoms with E-state index in [9.17, 15) is 8.42 Å². The van der Waals surface area contributed by atoms with Gasteiger partial charge in [0.1, 0.15) is 11.2 Å². The third-order valence-corrected chi connectivity index (χ3v) is 3.57. The van der Waals surface area contributed by atoms with Crippen molar-refractivity contribution in [2.45, 2.75) is 18.0 Å². The number of aromatic nitrogens is 3. The van der Waals surface area contributed by atoms with Crippen LogP contribution >= 0.6 is 0 Å². The summed E-state index contributed by atoms with van der Waals surface area (Å²) >= 11 is 0. The molecule has 0 bridgehead atoms. The van der Waals surface area contributed by atoms with Gasteiger partial charge in [-0.2, -0.15) is 5.10 Å². The Bertz CT molecular complexity index is 590. The molecule has 2 aromatic heterocycles. The van der Waals surface area contributed by atoms with Gasteiger partial charge in [0.05, 0.1) is 25.0 Å². The number of nitrogens with two attached hydrogens (primary N) is 1. The van der Waals surface area contributed by atoms with Crippen LogP contribution in [0.15, 0.2) is 34.1 Å². The highest BCUT2D eigenvalue weighted by molar-refractivity contribution is 7.89. The van der Waals surface area contributed by atoms with Gasteiger partial charge in [-0.15, -0.1) is 0 Å². The van der Waals surface area contributed by atoms with E-state index < -0.39 is 10.0 Å². The summed E-state index contributed by atoms with van der Waals surface area (Å²) in [6.07, 6.45) is 4.09. The van der Waals surface area contributed by atoms with Gasteiger partial charge in [0.25, 0.3) is 0 Å². The predicted molar refractivity (Wildman–Crippen MR) is 61.8 cm³/mol. The van der Waals surface area contributed by atoms with Crippen LogP contribution in [0.25, 0.3) is 0 Å². The van der Waals surface area contributed by atoms with Gasteiger partial charge in [-0.25, -0.2) is 13.1 Å². The van der Waals surface area contributed by atoms with Crippen molar-refractivity contribution in [3.8, 4) is 0 Å². The smallest absolute Gasteiger partial charge is 0.244 e. The van der Waals surface area contributed by atoms with E-state index >= 15 is 0 Å². The fourth-order valence-electron chi connectivity index (χ4n) is 1.32. The van der Waals surface area contributed by atoms with Crippen molar-refractivity contribution in [1.29, 1.82) is 0 Å². The number of rotatable bonds is 6. The van der Waals surface area contributed by atoms with Crippen LogP contribution in [0, 0.1) is 0 Å². The molecule has 0 unspecified atom stereocenters. The molecule has 8 nitrogen and oxygen atoms in total. The molecule has 9 heteroatoms. The molecular formula is C9H13N5O3S. The van der Waals surface area contributed by atoms with Gasteiger partial charge in [0.2, 0.25) is 10.0 Å². The third kappa shape index (κ3) is 2.94. The summed E-state index contributed by atoms with van der Waals surface area (Å²) in [4.78, 5) is 0.0967. The Morgan fingerprint density at radius 1 is 1.50 bits per heavy atom. The molecule has 2 rings (SSSR count). The van der Waals surface area contributed by atoms with Crippen molar-refractivity contribution in [2.75, 3.05) is 6.54 Å². The van der Waals surface area contributed by atoms with Crippen LogP contribution < -0.4 is 10.5 Å². The standard InChI is InChI=1S/C9H13N5O3S/c10-2-3-14-7-9(6-11-14)18(15,16)12-5-8-1-4-17-13-8/h1,4,6-7,12H,2-3,5,10H2. The summed E-state index contributed by atoms with van der Waals surface area (Å²) in [6, 6.07) is 1.58. The average Bonchev–Trinajstić information content (AvgIpc) is 2.98. The highest BCUT2D eigenvalue weighted by Gasteiger charge is 2.16. The largest absolute Gasteiger partial charge is 0.364 e. The summed E-state index contributed by atoms with van der Waals surface area (Å²) in [5.41, 5.74) is 5.86. The Hall–Kier alpha value is -1.71. The van der Waals surface area contributed by atoms with Gasteiger partial charge >= 0.3 is 0 Å².